The van der Waals surface area contributed by atoms with Crippen molar-refractivity contribution in [2.45, 2.75) is 77.0 Å². The molecular formula is C137H95N7. The number of benzene rings is 20. The molecule has 678 valence electrons. The molecule has 0 saturated heterocycles. The highest BCUT2D eigenvalue weighted by molar-refractivity contribution is 6.19. The molecule has 27 aromatic rings. The zero-order chi connectivity index (χ0) is 95.6. The maximum Gasteiger partial charge on any atom is 0.0666 e. The van der Waals surface area contributed by atoms with Crippen molar-refractivity contribution >= 4 is 131 Å². The zero-order valence-corrected chi connectivity index (χ0v) is 81.1. The molecule has 7 heterocycles. The van der Waals surface area contributed by atoms with E-state index < -0.39 is 0 Å². The van der Waals surface area contributed by atoms with Crippen molar-refractivity contribution in [3.8, 4) is 123 Å². The molecule has 0 spiro atoms. The summed E-state index contributed by atoms with van der Waals surface area (Å²) in [5.41, 5.74) is 50.5. The first-order valence-corrected chi connectivity index (χ1v) is 50.7. The second-order valence-corrected chi connectivity index (χ2v) is 42.9. The molecule has 0 fully saturated rings. The van der Waals surface area contributed by atoms with E-state index in [0.717, 1.165) is 99.5 Å². The molecule has 4 aliphatic rings. The van der Waals surface area contributed by atoms with Crippen molar-refractivity contribution in [1.29, 1.82) is 0 Å². The second-order valence-electron chi connectivity index (χ2n) is 42.9. The van der Waals surface area contributed by atoms with E-state index in [0.29, 0.717) is 0 Å². The van der Waals surface area contributed by atoms with Crippen molar-refractivity contribution in [3.05, 3.63) is 475 Å². The van der Waals surface area contributed by atoms with Crippen LogP contribution >= 0.6 is 0 Å². The molecule has 0 aliphatic heterocycles. The highest BCUT2D eigenvalue weighted by Crippen LogP contribution is 2.57. The van der Waals surface area contributed by atoms with E-state index in [9.17, 15) is 0 Å². The van der Waals surface area contributed by atoms with E-state index >= 15 is 0 Å². The molecule has 7 aromatic heterocycles. The molecule has 20 aromatic carbocycles. The van der Waals surface area contributed by atoms with Crippen molar-refractivity contribution < 1.29 is 0 Å². The Kier molecular flexibility index (Phi) is 16.4. The Morgan fingerprint density at radius 3 is 0.535 bits per heavy atom. The van der Waals surface area contributed by atoms with Crippen LogP contribution in [-0.4, -0.2) is 32.4 Å². The van der Waals surface area contributed by atoms with Crippen LogP contribution < -0.4 is 0 Å². The van der Waals surface area contributed by atoms with Crippen molar-refractivity contribution in [3.63, 3.8) is 0 Å². The first-order valence-electron chi connectivity index (χ1n) is 50.7. The van der Waals surface area contributed by atoms with Crippen molar-refractivity contribution in [1.82, 2.24) is 32.4 Å². The summed E-state index contributed by atoms with van der Waals surface area (Å²) in [6.07, 6.45) is 4.13. The largest absolute Gasteiger partial charge is 0.309 e. The third-order valence-corrected chi connectivity index (χ3v) is 34.1. The lowest BCUT2D eigenvalue weighted by Crippen LogP contribution is -2.15. The van der Waals surface area contributed by atoms with E-state index in [2.05, 4.69) is 514 Å². The summed E-state index contributed by atoms with van der Waals surface area (Å²) in [7, 11) is 0. The fourth-order valence-corrected chi connectivity index (χ4v) is 27.0. The lowest BCUT2D eigenvalue weighted by Gasteiger charge is -2.22. The fourth-order valence-electron chi connectivity index (χ4n) is 27.0. The molecule has 7 heteroatoms. The summed E-state index contributed by atoms with van der Waals surface area (Å²) >= 11 is 0. The van der Waals surface area contributed by atoms with Gasteiger partial charge in [-0.3, -0.25) is 4.98 Å². The summed E-state index contributed by atoms with van der Waals surface area (Å²) in [4.78, 5) is 5.38. The Labute approximate surface area is 833 Å². The fraction of sp³-hybridized carbons (Fsp3) is 0.0876. The van der Waals surface area contributed by atoms with Crippen LogP contribution in [0.1, 0.15) is 99.9 Å². The minimum Gasteiger partial charge on any atom is -0.309 e. The molecular weight excluding hydrogens is 1740 g/mol. The lowest BCUT2D eigenvalue weighted by atomic mass is 9.82. The predicted molar refractivity (Wildman–Crippen MR) is 602 cm³/mol. The Balaban J connectivity index is 0.575. The minimum atomic E-state index is -0.145. The van der Waals surface area contributed by atoms with E-state index in [1.54, 1.807) is 0 Å². The predicted octanol–water partition coefficient (Wildman–Crippen LogP) is 35.6. The Hall–Kier alpha value is -17.7. The number of aromatic nitrogens is 7. The summed E-state index contributed by atoms with van der Waals surface area (Å²) in [6.45, 7) is 19.0. The van der Waals surface area contributed by atoms with Gasteiger partial charge in [0.05, 0.1) is 90.0 Å². The monoisotopic (exact) mass is 1840 g/mol. The Bertz CT molecular complexity index is 9300. The molecule has 0 amide bonds. The zero-order valence-electron chi connectivity index (χ0n) is 81.1. The lowest BCUT2D eigenvalue weighted by molar-refractivity contribution is 0.660. The van der Waals surface area contributed by atoms with Gasteiger partial charge in [-0.25, -0.2) is 0 Å². The van der Waals surface area contributed by atoms with Gasteiger partial charge in [0.1, 0.15) is 0 Å². The molecule has 0 bridgehead atoms. The molecule has 0 atom stereocenters. The van der Waals surface area contributed by atoms with Crippen LogP contribution in [-0.2, 0) is 21.7 Å². The SMILES string of the molecule is CC1(C)c2ccccc2-c2ccc(-n3c4ccccc4c4cc(-c5ccc6c(c5)c5cc(-c7ccc8c(c7)c7ccccc7n8-c7ccc8c(c7)C(C)(C)c7ccccc7-8)ccc5n6-c5cncc(-n6c7ccc(-c8ccc9c(c8)c8ccccc8n9-c8ccc9c(c8)C(C)(C)c8ccccc8-9)cc7c7cc(-c8ccc9c(c8)c8ccccc8n9-c8ccc9c(c8)C(C)(C)c8ccccc8-9)ccc76)c5)ccc43)cc21. The third kappa shape index (κ3) is 11.1. The van der Waals surface area contributed by atoms with Gasteiger partial charge in [-0.05, 0) is 309 Å². The Morgan fingerprint density at radius 2 is 0.312 bits per heavy atom. The standard InChI is InChI=1S/C137H95N7/c1-134(2)114-33-17-9-25-94(114)98-53-49-88(74-118(98)134)139-122-37-21-13-29-102(122)106-65-80(41-57-126(106)139)84-45-61-130-110(69-84)111-70-85(81-42-58-127-107(66-81)103-30-14-22-38-123(103)140(127)89-50-54-99-95-26-10-18-34-115(95)135(3,4)119(99)75-89)46-62-131(111)143(130)92-73-93(79-138-78-92)144-132-63-47-86(82-43-59-128-108(67-82)104-31-15-23-39-124(104)141(128)90-51-55-100-96-27-11-19-35-116(96)136(5,6)120(100)76-90)71-112(132)113-72-87(48-64-133(113)144)83-44-60-129-109(68-83)105-32-16-24-40-125(105)142(129)91-52-56-101-97-28-12-20-36-117(97)137(7,8)121(101)77-91/h9-79H,1-8H3. The van der Waals surface area contributed by atoms with Crippen molar-refractivity contribution in [2.24, 2.45) is 0 Å². The van der Waals surface area contributed by atoms with Gasteiger partial charge in [0, 0.05) is 109 Å². The molecule has 4 aliphatic carbocycles. The highest BCUT2D eigenvalue weighted by atomic mass is 15.0. The Morgan fingerprint density at radius 1 is 0.139 bits per heavy atom. The van der Waals surface area contributed by atoms with Gasteiger partial charge >= 0.3 is 0 Å². The van der Waals surface area contributed by atoms with E-state index in [-0.39, 0.29) is 21.7 Å². The third-order valence-electron chi connectivity index (χ3n) is 34.1. The number of nitrogens with zero attached hydrogens (tertiary/aromatic N) is 7. The highest BCUT2D eigenvalue weighted by Gasteiger charge is 2.41. The number of hydrogen-bond donors (Lipinski definition) is 0. The molecule has 0 radical (unpaired) electrons. The van der Waals surface area contributed by atoms with Gasteiger partial charge in [0.25, 0.3) is 0 Å². The van der Waals surface area contributed by atoms with Crippen LogP contribution in [0.25, 0.3) is 254 Å². The molecule has 144 heavy (non-hydrogen) atoms. The van der Waals surface area contributed by atoms with Gasteiger partial charge in [-0.15, -0.1) is 0 Å². The summed E-state index contributed by atoms with van der Waals surface area (Å²) in [6, 6.07) is 160. The summed E-state index contributed by atoms with van der Waals surface area (Å²) in [5.74, 6) is 0. The van der Waals surface area contributed by atoms with E-state index in [4.69, 9.17) is 4.98 Å². The maximum absolute atomic E-state index is 5.38. The molecule has 31 rings (SSSR count). The molecule has 0 N–H and O–H groups in total. The van der Waals surface area contributed by atoms with Crippen LogP contribution in [0.2, 0.25) is 0 Å². The molecule has 0 unspecified atom stereocenters. The normalized spacial score (nSPS) is 14.3. The van der Waals surface area contributed by atoms with Crippen LogP contribution in [0, 0.1) is 0 Å². The van der Waals surface area contributed by atoms with E-state index in [1.807, 2.05) is 0 Å². The average Bonchev–Trinajstić information content (AvgIpc) is 1.57. The van der Waals surface area contributed by atoms with Crippen LogP contribution in [0.3, 0.4) is 0 Å². The number of para-hydroxylation sites is 4. The quantitative estimate of drug-likeness (QED) is 0.135. The molecule has 7 nitrogen and oxygen atoms in total. The topological polar surface area (TPSA) is 42.5 Å². The summed E-state index contributed by atoms with van der Waals surface area (Å²) in [5, 5.41) is 14.3. The number of fused-ring (bicyclic) bond motifs is 30. The van der Waals surface area contributed by atoms with Crippen LogP contribution in [0.4, 0.5) is 0 Å². The van der Waals surface area contributed by atoms with Crippen molar-refractivity contribution in [2.75, 3.05) is 0 Å². The first kappa shape index (κ1) is 81.2. The van der Waals surface area contributed by atoms with Gasteiger partial charge in [-0.2, -0.15) is 0 Å². The number of rotatable bonds is 10. The van der Waals surface area contributed by atoms with Gasteiger partial charge < -0.3 is 27.4 Å². The van der Waals surface area contributed by atoms with E-state index in [1.165, 1.54) is 199 Å². The number of pyridine rings is 1. The molecule has 0 saturated carbocycles. The van der Waals surface area contributed by atoms with Gasteiger partial charge in [0.2, 0.25) is 0 Å². The minimum absolute atomic E-state index is 0.145. The average molecular weight is 1840 g/mol. The number of hydrogen-bond acceptors (Lipinski definition) is 1. The smallest absolute Gasteiger partial charge is 0.0666 e. The maximum atomic E-state index is 5.38. The summed E-state index contributed by atoms with van der Waals surface area (Å²) < 4.78 is 14.9. The second kappa shape index (κ2) is 29.0. The van der Waals surface area contributed by atoms with Crippen LogP contribution in [0.15, 0.2) is 431 Å². The first-order chi connectivity index (χ1) is 70.4. The van der Waals surface area contributed by atoms with Crippen LogP contribution in [0.5, 0.6) is 0 Å². The van der Waals surface area contributed by atoms with Gasteiger partial charge in [0.15, 0.2) is 0 Å². The van der Waals surface area contributed by atoms with Gasteiger partial charge in [-0.1, -0.05) is 298 Å².